The molecule has 4 aliphatic carbocycles. The number of amides is 1. The van der Waals surface area contributed by atoms with Crippen molar-refractivity contribution in [3.8, 4) is 0 Å². The zero-order chi connectivity index (χ0) is 14.9. The number of rotatable bonds is 2. The van der Waals surface area contributed by atoms with Crippen molar-refractivity contribution in [2.45, 2.75) is 49.3 Å². The fourth-order valence-corrected chi connectivity index (χ4v) is 5.99. The molecular weight excluding hydrogens is 282 g/mol. The highest BCUT2D eigenvalue weighted by atomic mass is 35.5. The van der Waals surface area contributed by atoms with Crippen LogP contribution in [0.2, 0.25) is 0 Å². The summed E-state index contributed by atoms with van der Waals surface area (Å²) in [5.74, 6) is 0.686. The van der Waals surface area contributed by atoms with Crippen LogP contribution in [0, 0.1) is 17.3 Å². The lowest BCUT2D eigenvalue weighted by Gasteiger charge is -2.66. The van der Waals surface area contributed by atoms with E-state index in [1.54, 1.807) is 0 Å². The molecule has 5 rings (SSSR count). The maximum absolute atomic E-state index is 12.2. The van der Waals surface area contributed by atoms with Crippen LogP contribution < -0.4 is 5.73 Å². The Balaban J connectivity index is 1.84. The zero-order valence-corrected chi connectivity index (χ0v) is 13.2. The summed E-state index contributed by atoms with van der Waals surface area (Å²) in [4.78, 5) is 12.0. The van der Waals surface area contributed by atoms with Gasteiger partial charge in [0.15, 0.2) is 0 Å². The summed E-state index contributed by atoms with van der Waals surface area (Å²) in [7, 11) is 0. The van der Waals surface area contributed by atoms with Gasteiger partial charge < -0.3 is 5.73 Å². The van der Waals surface area contributed by atoms with Crippen LogP contribution in [0.25, 0.3) is 0 Å². The van der Waals surface area contributed by atoms with Crippen molar-refractivity contribution in [3.05, 3.63) is 35.9 Å². The molecule has 112 valence electrons. The van der Waals surface area contributed by atoms with Crippen molar-refractivity contribution < 1.29 is 4.79 Å². The number of halogens is 1. The molecular formula is C18H22ClNO. The highest BCUT2D eigenvalue weighted by Gasteiger charge is 2.66. The molecule has 4 bridgehead atoms. The van der Waals surface area contributed by atoms with Crippen molar-refractivity contribution in [3.63, 3.8) is 0 Å². The average Bonchev–Trinajstić information content (AvgIpc) is 2.45. The summed E-state index contributed by atoms with van der Waals surface area (Å²) in [6.07, 6.45) is 4.88. The molecule has 0 radical (unpaired) electrons. The minimum atomic E-state index is -0.323. The molecule has 2 N–H and O–H groups in total. The van der Waals surface area contributed by atoms with Crippen molar-refractivity contribution in [1.82, 2.24) is 0 Å². The Bertz CT molecular complexity index is 576. The van der Waals surface area contributed by atoms with E-state index in [9.17, 15) is 4.79 Å². The molecule has 2 nitrogen and oxygen atoms in total. The number of nitrogens with two attached hydrogens (primary N) is 1. The number of alkyl halides is 1. The number of benzene rings is 1. The van der Waals surface area contributed by atoms with Gasteiger partial charge in [-0.05, 0) is 61.8 Å². The van der Waals surface area contributed by atoms with Crippen LogP contribution in [0.1, 0.15) is 44.6 Å². The minimum absolute atomic E-state index is 0.107. The summed E-state index contributed by atoms with van der Waals surface area (Å²) in [6.45, 7) is 2.18. The Labute approximate surface area is 131 Å². The fourth-order valence-electron chi connectivity index (χ4n) is 5.68. The minimum Gasteiger partial charge on any atom is -0.369 e. The Kier molecular flexibility index (Phi) is 2.62. The summed E-state index contributed by atoms with van der Waals surface area (Å²) < 4.78 is 0. The summed E-state index contributed by atoms with van der Waals surface area (Å²) in [6, 6.07) is 10.7. The summed E-state index contributed by atoms with van der Waals surface area (Å²) in [5.41, 5.74) is 6.99. The maximum atomic E-state index is 12.2. The summed E-state index contributed by atoms with van der Waals surface area (Å²) in [5, 5.41) is 0. The van der Waals surface area contributed by atoms with Gasteiger partial charge in [0, 0.05) is 4.87 Å². The quantitative estimate of drug-likeness (QED) is 0.833. The van der Waals surface area contributed by atoms with Crippen molar-refractivity contribution in [2.24, 2.45) is 23.0 Å². The largest absolute Gasteiger partial charge is 0.369 e. The number of hydrogen-bond donors (Lipinski definition) is 1. The van der Waals surface area contributed by atoms with E-state index in [4.69, 9.17) is 17.3 Å². The highest BCUT2D eigenvalue weighted by molar-refractivity contribution is 6.24. The predicted molar refractivity (Wildman–Crippen MR) is 84.1 cm³/mol. The van der Waals surface area contributed by atoms with Gasteiger partial charge in [-0.3, -0.25) is 4.79 Å². The van der Waals surface area contributed by atoms with E-state index in [0.717, 1.165) is 32.1 Å². The first-order valence-corrected chi connectivity index (χ1v) is 8.30. The predicted octanol–water partition coefficient (Wildman–Crippen LogP) is 3.62. The van der Waals surface area contributed by atoms with Crippen LogP contribution in [0.15, 0.2) is 30.3 Å². The maximum Gasteiger partial charge on any atom is 0.223 e. The first-order chi connectivity index (χ1) is 9.88. The Hall–Kier alpha value is -1.02. The molecule has 1 amide bonds. The first-order valence-electron chi connectivity index (χ1n) is 7.92. The van der Waals surface area contributed by atoms with E-state index in [0.29, 0.717) is 11.8 Å². The van der Waals surface area contributed by atoms with Gasteiger partial charge >= 0.3 is 0 Å². The highest BCUT2D eigenvalue weighted by Crippen LogP contribution is 2.69. The van der Waals surface area contributed by atoms with Crippen LogP contribution in [-0.2, 0) is 10.2 Å². The molecule has 0 aromatic heterocycles. The van der Waals surface area contributed by atoms with E-state index in [2.05, 4.69) is 37.3 Å². The lowest BCUT2D eigenvalue weighted by molar-refractivity contribution is -0.149. The number of primary amides is 1. The molecule has 4 fully saturated rings. The number of carbonyl (C=O) groups is 1. The Morgan fingerprint density at radius 2 is 1.71 bits per heavy atom. The van der Waals surface area contributed by atoms with Crippen LogP contribution in [0.4, 0.5) is 0 Å². The lowest BCUT2D eigenvalue weighted by atomic mass is 9.40. The van der Waals surface area contributed by atoms with E-state index in [-0.39, 0.29) is 21.6 Å². The van der Waals surface area contributed by atoms with Gasteiger partial charge in [-0.15, -0.1) is 11.6 Å². The van der Waals surface area contributed by atoms with Gasteiger partial charge in [0.25, 0.3) is 0 Å². The second kappa shape index (κ2) is 4.04. The van der Waals surface area contributed by atoms with Crippen molar-refractivity contribution in [1.29, 1.82) is 0 Å². The number of hydrogen-bond acceptors (Lipinski definition) is 1. The molecule has 0 spiro atoms. The molecule has 3 heteroatoms. The van der Waals surface area contributed by atoms with Crippen molar-refractivity contribution in [2.75, 3.05) is 0 Å². The van der Waals surface area contributed by atoms with Gasteiger partial charge in [0.1, 0.15) is 0 Å². The molecule has 0 heterocycles. The van der Waals surface area contributed by atoms with Crippen molar-refractivity contribution >= 4 is 17.5 Å². The van der Waals surface area contributed by atoms with E-state index < -0.39 is 0 Å². The van der Waals surface area contributed by atoms with Crippen LogP contribution in [-0.4, -0.2) is 10.8 Å². The second-order valence-electron chi connectivity index (χ2n) is 7.83. The van der Waals surface area contributed by atoms with E-state index >= 15 is 0 Å². The van der Waals surface area contributed by atoms with E-state index in [1.165, 1.54) is 5.56 Å². The molecule has 0 aliphatic heterocycles. The molecule has 2 unspecified atom stereocenters. The molecule has 1 aromatic rings. The van der Waals surface area contributed by atoms with Gasteiger partial charge in [0.05, 0.1) is 5.41 Å². The monoisotopic (exact) mass is 303 g/mol. The zero-order valence-electron chi connectivity index (χ0n) is 12.4. The SMILES string of the molecule is CC1(Cl)C2CC3(C(N)=O)CC1CC(c1ccccc1)(C2)C3. The smallest absolute Gasteiger partial charge is 0.223 e. The van der Waals surface area contributed by atoms with Crippen LogP contribution >= 0.6 is 11.6 Å². The molecule has 4 saturated carbocycles. The Morgan fingerprint density at radius 3 is 2.24 bits per heavy atom. The number of carbonyl (C=O) groups excluding carboxylic acids is 1. The molecule has 2 atom stereocenters. The molecule has 4 aliphatic rings. The summed E-state index contributed by atoms with van der Waals surface area (Å²) >= 11 is 6.89. The fraction of sp³-hybridized carbons (Fsp3) is 0.611. The molecule has 1 aromatic carbocycles. The molecule has 21 heavy (non-hydrogen) atoms. The lowest BCUT2D eigenvalue weighted by Crippen LogP contribution is -2.65. The van der Waals surface area contributed by atoms with Crippen LogP contribution in [0.5, 0.6) is 0 Å². The second-order valence-corrected chi connectivity index (χ2v) is 8.64. The van der Waals surface area contributed by atoms with E-state index in [1.807, 2.05) is 0 Å². The molecule has 0 saturated heterocycles. The normalized spacial score (nSPS) is 47.5. The topological polar surface area (TPSA) is 43.1 Å². The van der Waals surface area contributed by atoms with Gasteiger partial charge in [-0.25, -0.2) is 0 Å². The van der Waals surface area contributed by atoms with Crippen LogP contribution in [0.3, 0.4) is 0 Å². The third-order valence-electron chi connectivity index (χ3n) is 6.73. The third kappa shape index (κ3) is 1.69. The van der Waals surface area contributed by atoms with Gasteiger partial charge in [0.2, 0.25) is 5.91 Å². The van der Waals surface area contributed by atoms with Gasteiger partial charge in [-0.2, -0.15) is 0 Å². The average molecular weight is 304 g/mol. The Morgan fingerprint density at radius 1 is 1.14 bits per heavy atom. The van der Waals surface area contributed by atoms with Gasteiger partial charge in [-0.1, -0.05) is 30.3 Å². The standard InChI is InChI=1S/C18H22ClNO/c1-16(19)13-7-17(12-5-3-2-4-6-12)8-14(16)10-18(9-13,11-17)15(20)21/h2-6,13-14H,7-11H2,1H3,(H2,20,21). The third-order valence-corrected chi connectivity index (χ3v) is 7.35. The first kappa shape index (κ1) is 13.6.